The SMILES string of the molecule is CCOC(=O)/C=C(/OCc1ccccc1)C(F)(F)C(O)c1ccco1. The zero-order valence-corrected chi connectivity index (χ0v) is 13.5. The van der Waals surface area contributed by atoms with Gasteiger partial charge in [-0.25, -0.2) is 4.79 Å². The topological polar surface area (TPSA) is 68.9 Å². The number of carbonyl (C=O) groups is 1. The lowest BCUT2D eigenvalue weighted by molar-refractivity contribution is -0.140. The van der Waals surface area contributed by atoms with Gasteiger partial charge in [0.25, 0.3) is 0 Å². The molecule has 1 atom stereocenters. The Morgan fingerprint density at radius 2 is 1.96 bits per heavy atom. The van der Waals surface area contributed by atoms with Crippen LogP contribution in [-0.2, 0) is 20.9 Å². The molecule has 0 bridgehead atoms. The van der Waals surface area contributed by atoms with Crippen LogP contribution in [0, 0.1) is 0 Å². The van der Waals surface area contributed by atoms with Crippen LogP contribution in [0.5, 0.6) is 0 Å². The van der Waals surface area contributed by atoms with Gasteiger partial charge in [-0.15, -0.1) is 0 Å². The van der Waals surface area contributed by atoms with Crippen molar-refractivity contribution in [1.82, 2.24) is 0 Å². The number of hydrogen-bond donors (Lipinski definition) is 1. The van der Waals surface area contributed by atoms with Crippen LogP contribution >= 0.6 is 0 Å². The van der Waals surface area contributed by atoms with E-state index < -0.39 is 23.8 Å². The predicted molar refractivity (Wildman–Crippen MR) is 84.6 cm³/mol. The van der Waals surface area contributed by atoms with E-state index in [1.54, 1.807) is 37.3 Å². The molecule has 0 aliphatic carbocycles. The summed E-state index contributed by atoms with van der Waals surface area (Å²) in [4.78, 5) is 11.6. The van der Waals surface area contributed by atoms with Gasteiger partial charge in [0.05, 0.1) is 18.9 Å². The van der Waals surface area contributed by atoms with E-state index in [1.165, 1.54) is 12.1 Å². The number of carbonyl (C=O) groups excluding carboxylic acids is 1. The molecule has 1 unspecified atom stereocenters. The Balaban J connectivity index is 2.24. The van der Waals surface area contributed by atoms with E-state index in [2.05, 4.69) is 4.74 Å². The van der Waals surface area contributed by atoms with Gasteiger partial charge in [0.2, 0.25) is 0 Å². The maximum atomic E-state index is 14.6. The van der Waals surface area contributed by atoms with Crippen LogP contribution < -0.4 is 0 Å². The Bertz CT molecular complexity index is 696. The maximum absolute atomic E-state index is 14.6. The lowest BCUT2D eigenvalue weighted by Gasteiger charge is -2.24. The first kappa shape index (κ1) is 18.7. The number of esters is 1. The number of aliphatic hydroxyl groups is 1. The van der Waals surface area contributed by atoms with E-state index in [1.807, 2.05) is 0 Å². The van der Waals surface area contributed by atoms with E-state index in [4.69, 9.17) is 9.15 Å². The van der Waals surface area contributed by atoms with E-state index in [0.717, 1.165) is 6.26 Å². The third-order valence-electron chi connectivity index (χ3n) is 3.26. The molecule has 0 saturated heterocycles. The normalized spacial score (nSPS) is 13.4. The number of alkyl halides is 2. The molecule has 2 aromatic rings. The first-order valence-electron chi connectivity index (χ1n) is 7.60. The number of ether oxygens (including phenoxy) is 2. The molecule has 25 heavy (non-hydrogen) atoms. The van der Waals surface area contributed by atoms with Crippen LogP contribution in [0.15, 0.2) is 65.0 Å². The summed E-state index contributed by atoms with van der Waals surface area (Å²) < 4.78 is 43.9. The molecule has 1 heterocycles. The summed E-state index contributed by atoms with van der Waals surface area (Å²) in [6.07, 6.45) is -0.605. The van der Waals surface area contributed by atoms with Crippen molar-refractivity contribution in [3.8, 4) is 0 Å². The van der Waals surface area contributed by atoms with E-state index in [-0.39, 0.29) is 19.0 Å². The van der Waals surface area contributed by atoms with Gasteiger partial charge in [-0.05, 0) is 24.6 Å². The van der Waals surface area contributed by atoms with Crippen molar-refractivity contribution in [3.05, 3.63) is 71.9 Å². The standard InChI is InChI=1S/C18H18F2O5/c1-2-23-16(21)11-15(25-12-13-7-4-3-5-8-13)18(19,20)17(22)14-9-6-10-24-14/h3-11,17,22H,2,12H2,1H3/b15-11+. The number of benzene rings is 1. The second-order valence-corrected chi connectivity index (χ2v) is 5.08. The third kappa shape index (κ3) is 4.90. The van der Waals surface area contributed by atoms with Crippen LogP contribution in [0.25, 0.3) is 0 Å². The molecule has 0 fully saturated rings. The summed E-state index contributed by atoms with van der Waals surface area (Å²) in [5.74, 6) is -6.22. The highest BCUT2D eigenvalue weighted by Crippen LogP contribution is 2.38. The van der Waals surface area contributed by atoms with Gasteiger partial charge in [0.15, 0.2) is 11.9 Å². The maximum Gasteiger partial charge on any atom is 0.336 e. The van der Waals surface area contributed by atoms with Gasteiger partial charge in [-0.1, -0.05) is 30.3 Å². The molecule has 0 aliphatic rings. The molecular weight excluding hydrogens is 334 g/mol. The molecular formula is C18H18F2O5. The molecule has 1 aromatic heterocycles. The van der Waals surface area contributed by atoms with Crippen LogP contribution in [0.2, 0.25) is 0 Å². The molecule has 2 rings (SSSR count). The molecule has 5 nitrogen and oxygen atoms in total. The van der Waals surface area contributed by atoms with Crippen LogP contribution in [-0.4, -0.2) is 23.6 Å². The zero-order chi connectivity index (χ0) is 18.3. The van der Waals surface area contributed by atoms with Gasteiger partial charge in [0.1, 0.15) is 12.4 Å². The minimum atomic E-state index is -3.89. The van der Waals surface area contributed by atoms with Crippen molar-refractivity contribution in [1.29, 1.82) is 0 Å². The Hall–Kier alpha value is -2.67. The molecule has 0 radical (unpaired) electrons. The first-order valence-corrected chi connectivity index (χ1v) is 7.60. The number of aliphatic hydroxyl groups excluding tert-OH is 1. The van der Waals surface area contributed by atoms with Crippen molar-refractivity contribution in [2.24, 2.45) is 0 Å². The molecule has 134 valence electrons. The highest BCUT2D eigenvalue weighted by atomic mass is 19.3. The van der Waals surface area contributed by atoms with Gasteiger partial charge in [-0.3, -0.25) is 0 Å². The van der Waals surface area contributed by atoms with Crippen molar-refractivity contribution < 1.29 is 32.6 Å². The second kappa shape index (κ2) is 8.43. The number of rotatable bonds is 8. The Kier molecular flexibility index (Phi) is 6.30. The monoisotopic (exact) mass is 352 g/mol. The van der Waals surface area contributed by atoms with Crippen molar-refractivity contribution in [2.45, 2.75) is 25.6 Å². The fourth-order valence-electron chi connectivity index (χ4n) is 2.02. The van der Waals surface area contributed by atoms with E-state index >= 15 is 0 Å². The fourth-order valence-corrected chi connectivity index (χ4v) is 2.02. The average Bonchev–Trinajstić information content (AvgIpc) is 3.13. The highest BCUT2D eigenvalue weighted by Gasteiger charge is 2.47. The Morgan fingerprint density at radius 3 is 2.56 bits per heavy atom. The lowest BCUT2D eigenvalue weighted by atomic mass is 10.1. The molecule has 1 N–H and O–H groups in total. The fraction of sp³-hybridized carbons (Fsp3) is 0.278. The number of furan rings is 1. The average molecular weight is 352 g/mol. The summed E-state index contributed by atoms with van der Waals surface area (Å²) in [6, 6.07) is 11.2. The molecule has 0 saturated carbocycles. The summed E-state index contributed by atoms with van der Waals surface area (Å²) in [5, 5.41) is 9.93. The van der Waals surface area contributed by atoms with Gasteiger partial charge in [0, 0.05) is 0 Å². The molecule has 0 spiro atoms. The molecule has 1 aromatic carbocycles. The molecule has 7 heteroatoms. The lowest BCUT2D eigenvalue weighted by Crippen LogP contribution is -2.30. The van der Waals surface area contributed by atoms with Gasteiger partial charge < -0.3 is 19.0 Å². The van der Waals surface area contributed by atoms with Gasteiger partial charge >= 0.3 is 11.9 Å². The second-order valence-electron chi connectivity index (χ2n) is 5.08. The summed E-state index contributed by atoms with van der Waals surface area (Å²) >= 11 is 0. The minimum Gasteiger partial charge on any atom is -0.486 e. The van der Waals surface area contributed by atoms with E-state index in [0.29, 0.717) is 11.6 Å². The Labute approximate surface area is 143 Å². The summed E-state index contributed by atoms with van der Waals surface area (Å²) in [7, 11) is 0. The van der Waals surface area contributed by atoms with Crippen molar-refractivity contribution in [3.63, 3.8) is 0 Å². The smallest absolute Gasteiger partial charge is 0.336 e. The van der Waals surface area contributed by atoms with Crippen LogP contribution in [0.3, 0.4) is 0 Å². The number of halogens is 2. The van der Waals surface area contributed by atoms with Crippen molar-refractivity contribution >= 4 is 5.97 Å². The summed E-state index contributed by atoms with van der Waals surface area (Å²) in [5.41, 5.74) is 0.626. The first-order chi connectivity index (χ1) is 11.9. The molecule has 0 amide bonds. The molecule has 0 aliphatic heterocycles. The van der Waals surface area contributed by atoms with Gasteiger partial charge in [-0.2, -0.15) is 8.78 Å². The quantitative estimate of drug-likeness (QED) is 0.446. The minimum absolute atomic E-state index is 0.0214. The van der Waals surface area contributed by atoms with Crippen LogP contribution in [0.4, 0.5) is 8.78 Å². The largest absolute Gasteiger partial charge is 0.486 e. The predicted octanol–water partition coefficient (Wildman–Crippen LogP) is 3.61. The zero-order valence-electron chi connectivity index (χ0n) is 13.5. The van der Waals surface area contributed by atoms with Crippen molar-refractivity contribution in [2.75, 3.05) is 6.61 Å². The van der Waals surface area contributed by atoms with Crippen LogP contribution in [0.1, 0.15) is 24.4 Å². The summed E-state index contributed by atoms with van der Waals surface area (Å²) in [6.45, 7) is 1.37. The Morgan fingerprint density at radius 1 is 1.24 bits per heavy atom. The third-order valence-corrected chi connectivity index (χ3v) is 3.26. The van der Waals surface area contributed by atoms with E-state index in [9.17, 15) is 18.7 Å². The number of hydrogen-bond acceptors (Lipinski definition) is 5. The highest BCUT2D eigenvalue weighted by molar-refractivity contribution is 5.82.